The standard InChI is InChI=1S/C20H29NO/c1-3-21(4-2)16-9-5-6-10-17-22-20-15-11-13-18-12-7-8-14-19(18)20/h7-8,11-15H,3-6,9-10,16-17H2,1-2H3/p+1. The second-order valence-electron chi connectivity index (χ2n) is 5.95. The van der Waals surface area contributed by atoms with Gasteiger partial charge in [0.15, 0.2) is 0 Å². The van der Waals surface area contributed by atoms with Gasteiger partial charge in [-0.1, -0.05) is 36.4 Å². The van der Waals surface area contributed by atoms with Crippen molar-refractivity contribution in [1.29, 1.82) is 0 Å². The Balaban J connectivity index is 1.66. The summed E-state index contributed by atoms with van der Waals surface area (Å²) in [5.41, 5.74) is 0. The van der Waals surface area contributed by atoms with E-state index in [2.05, 4.69) is 56.3 Å². The van der Waals surface area contributed by atoms with E-state index in [1.807, 2.05) is 0 Å². The number of unbranched alkanes of at least 4 members (excludes halogenated alkanes) is 3. The molecule has 0 aliphatic rings. The maximum atomic E-state index is 5.98. The van der Waals surface area contributed by atoms with E-state index >= 15 is 0 Å². The zero-order chi connectivity index (χ0) is 15.6. The first-order valence-corrected chi connectivity index (χ1v) is 8.79. The highest BCUT2D eigenvalue weighted by Gasteiger charge is 2.02. The van der Waals surface area contributed by atoms with E-state index in [4.69, 9.17) is 4.74 Å². The van der Waals surface area contributed by atoms with Crippen LogP contribution in [0.15, 0.2) is 42.5 Å². The molecule has 0 aliphatic carbocycles. The molecule has 0 spiro atoms. The van der Waals surface area contributed by atoms with Gasteiger partial charge in [0.1, 0.15) is 5.75 Å². The second-order valence-corrected chi connectivity index (χ2v) is 5.95. The number of quaternary nitrogens is 1. The van der Waals surface area contributed by atoms with Crippen LogP contribution in [0.2, 0.25) is 0 Å². The molecule has 2 aromatic rings. The van der Waals surface area contributed by atoms with E-state index in [1.165, 1.54) is 49.7 Å². The molecule has 22 heavy (non-hydrogen) atoms. The minimum absolute atomic E-state index is 0.826. The molecule has 2 nitrogen and oxygen atoms in total. The molecule has 1 N–H and O–H groups in total. The molecule has 0 saturated carbocycles. The Morgan fingerprint density at radius 1 is 0.818 bits per heavy atom. The molecule has 2 aromatic carbocycles. The topological polar surface area (TPSA) is 13.7 Å². The molecule has 2 rings (SSSR count). The van der Waals surface area contributed by atoms with Crippen molar-refractivity contribution in [3.05, 3.63) is 42.5 Å². The van der Waals surface area contributed by atoms with Crippen LogP contribution in [0.1, 0.15) is 39.5 Å². The fourth-order valence-electron chi connectivity index (χ4n) is 2.94. The lowest BCUT2D eigenvalue weighted by Crippen LogP contribution is -3.11. The van der Waals surface area contributed by atoms with Crippen LogP contribution in [0, 0.1) is 0 Å². The van der Waals surface area contributed by atoms with Crippen LogP contribution in [-0.4, -0.2) is 26.2 Å². The van der Waals surface area contributed by atoms with Crippen LogP contribution < -0.4 is 9.64 Å². The molecular weight excluding hydrogens is 270 g/mol. The van der Waals surface area contributed by atoms with Crippen molar-refractivity contribution in [1.82, 2.24) is 0 Å². The van der Waals surface area contributed by atoms with Crippen LogP contribution >= 0.6 is 0 Å². The summed E-state index contributed by atoms with van der Waals surface area (Å²) in [4.78, 5) is 1.71. The minimum atomic E-state index is 0.826. The van der Waals surface area contributed by atoms with Crippen molar-refractivity contribution < 1.29 is 9.64 Å². The van der Waals surface area contributed by atoms with Crippen molar-refractivity contribution in [2.24, 2.45) is 0 Å². The molecule has 0 fully saturated rings. The van der Waals surface area contributed by atoms with Gasteiger partial charge >= 0.3 is 0 Å². The normalized spacial score (nSPS) is 11.2. The summed E-state index contributed by atoms with van der Waals surface area (Å²) in [6, 6.07) is 14.7. The van der Waals surface area contributed by atoms with E-state index in [0.717, 1.165) is 18.8 Å². The molecule has 0 amide bonds. The predicted octanol–water partition coefficient (Wildman–Crippen LogP) is 3.70. The molecule has 0 aliphatic heterocycles. The van der Waals surface area contributed by atoms with E-state index in [1.54, 1.807) is 4.90 Å². The van der Waals surface area contributed by atoms with E-state index in [9.17, 15) is 0 Å². The van der Waals surface area contributed by atoms with Gasteiger partial charge in [0.2, 0.25) is 0 Å². The zero-order valence-electron chi connectivity index (χ0n) is 14.1. The van der Waals surface area contributed by atoms with Crippen molar-refractivity contribution in [3.8, 4) is 5.75 Å². The first-order chi connectivity index (χ1) is 10.8. The van der Waals surface area contributed by atoms with Gasteiger partial charge in [-0.3, -0.25) is 0 Å². The molecule has 0 heterocycles. The summed E-state index contributed by atoms with van der Waals surface area (Å²) in [6.07, 6.45) is 5.08. The third-order valence-electron chi connectivity index (χ3n) is 4.43. The lowest BCUT2D eigenvalue weighted by atomic mass is 10.1. The number of nitrogens with one attached hydrogen (secondary N) is 1. The van der Waals surface area contributed by atoms with Gasteiger partial charge < -0.3 is 9.64 Å². The van der Waals surface area contributed by atoms with E-state index in [0.29, 0.717) is 0 Å². The Hall–Kier alpha value is -1.54. The minimum Gasteiger partial charge on any atom is -0.493 e. The van der Waals surface area contributed by atoms with Crippen LogP contribution in [0.3, 0.4) is 0 Å². The van der Waals surface area contributed by atoms with Crippen LogP contribution in [0.5, 0.6) is 5.75 Å². The molecule has 0 saturated heterocycles. The van der Waals surface area contributed by atoms with Gasteiger partial charge in [-0.2, -0.15) is 0 Å². The lowest BCUT2D eigenvalue weighted by Gasteiger charge is -2.14. The quantitative estimate of drug-likeness (QED) is 0.661. The lowest BCUT2D eigenvalue weighted by molar-refractivity contribution is -0.896. The largest absolute Gasteiger partial charge is 0.493 e. The average molecular weight is 300 g/mol. The van der Waals surface area contributed by atoms with Crippen molar-refractivity contribution in [2.75, 3.05) is 26.2 Å². The molecule has 0 aromatic heterocycles. The van der Waals surface area contributed by atoms with Crippen molar-refractivity contribution in [2.45, 2.75) is 39.5 Å². The Bertz CT molecular complexity index is 543. The first kappa shape index (κ1) is 16.8. The number of fused-ring (bicyclic) bond motifs is 1. The summed E-state index contributed by atoms with van der Waals surface area (Å²) >= 11 is 0. The van der Waals surface area contributed by atoms with Crippen molar-refractivity contribution >= 4 is 10.8 Å². The van der Waals surface area contributed by atoms with E-state index in [-0.39, 0.29) is 0 Å². The molecule has 0 unspecified atom stereocenters. The van der Waals surface area contributed by atoms with Gasteiger partial charge in [-0.15, -0.1) is 0 Å². The monoisotopic (exact) mass is 300 g/mol. The number of hydrogen-bond donors (Lipinski definition) is 1. The molecule has 120 valence electrons. The number of hydrogen-bond acceptors (Lipinski definition) is 1. The Labute approximate surface area is 135 Å². The highest BCUT2D eigenvalue weighted by Crippen LogP contribution is 2.25. The Morgan fingerprint density at radius 3 is 2.36 bits per heavy atom. The SMILES string of the molecule is CC[NH+](CC)CCCCCCOc1cccc2ccccc12. The van der Waals surface area contributed by atoms with Gasteiger partial charge in [0.05, 0.1) is 26.2 Å². The fraction of sp³-hybridized carbons (Fsp3) is 0.500. The van der Waals surface area contributed by atoms with E-state index < -0.39 is 0 Å². The fourth-order valence-corrected chi connectivity index (χ4v) is 2.94. The Kier molecular flexibility index (Phi) is 7.24. The number of ether oxygens (including phenoxy) is 1. The summed E-state index contributed by atoms with van der Waals surface area (Å²) in [6.45, 7) is 9.19. The first-order valence-electron chi connectivity index (χ1n) is 8.79. The molecule has 2 heteroatoms. The second kappa shape index (κ2) is 9.47. The molecule has 0 bridgehead atoms. The van der Waals surface area contributed by atoms with Gasteiger partial charge in [0.25, 0.3) is 0 Å². The third kappa shape index (κ3) is 5.03. The number of rotatable bonds is 10. The average Bonchev–Trinajstić information content (AvgIpc) is 2.57. The summed E-state index contributed by atoms with van der Waals surface area (Å²) in [5.74, 6) is 1.02. The van der Waals surface area contributed by atoms with Gasteiger partial charge in [-0.25, -0.2) is 0 Å². The van der Waals surface area contributed by atoms with Crippen LogP contribution in [0.25, 0.3) is 10.8 Å². The predicted molar refractivity (Wildman–Crippen MR) is 94.8 cm³/mol. The molecular formula is C20H30NO+. The Morgan fingerprint density at radius 2 is 1.55 bits per heavy atom. The van der Waals surface area contributed by atoms with Gasteiger partial charge in [0, 0.05) is 5.39 Å². The van der Waals surface area contributed by atoms with Crippen LogP contribution in [-0.2, 0) is 0 Å². The van der Waals surface area contributed by atoms with Crippen LogP contribution in [0.4, 0.5) is 0 Å². The smallest absolute Gasteiger partial charge is 0.127 e. The maximum absolute atomic E-state index is 5.98. The zero-order valence-corrected chi connectivity index (χ0v) is 14.1. The maximum Gasteiger partial charge on any atom is 0.127 e. The molecule has 0 atom stereocenters. The number of benzene rings is 2. The third-order valence-corrected chi connectivity index (χ3v) is 4.43. The summed E-state index contributed by atoms with van der Waals surface area (Å²) in [7, 11) is 0. The van der Waals surface area contributed by atoms with Gasteiger partial charge in [-0.05, 0) is 51.0 Å². The summed E-state index contributed by atoms with van der Waals surface area (Å²) < 4.78 is 5.98. The van der Waals surface area contributed by atoms with Crippen molar-refractivity contribution in [3.63, 3.8) is 0 Å². The highest BCUT2D eigenvalue weighted by atomic mass is 16.5. The summed E-state index contributed by atoms with van der Waals surface area (Å²) in [5, 5.41) is 2.47. The highest BCUT2D eigenvalue weighted by molar-refractivity contribution is 5.88. The molecule has 0 radical (unpaired) electrons.